The van der Waals surface area contributed by atoms with Crippen LogP contribution in [0.2, 0.25) is 0 Å². The lowest BCUT2D eigenvalue weighted by Crippen LogP contribution is -2.27. The highest BCUT2D eigenvalue weighted by Crippen LogP contribution is 2.24. The van der Waals surface area contributed by atoms with Crippen molar-refractivity contribution in [3.8, 4) is 11.8 Å². The zero-order chi connectivity index (χ0) is 10.4. The number of hydrogen-bond acceptors (Lipinski definition) is 2. The molecule has 0 fully saturated rings. The van der Waals surface area contributed by atoms with Gasteiger partial charge in [-0.2, -0.15) is 0 Å². The van der Waals surface area contributed by atoms with Crippen molar-refractivity contribution in [2.45, 2.75) is 19.4 Å². The minimum Gasteiger partial charge on any atom is -0.271 e. The van der Waals surface area contributed by atoms with Crippen LogP contribution in [-0.4, -0.2) is 0 Å². The standard InChI is InChI=1S/C11H13BrN2/c1-2-3-8-11(14-13)9-6-4-5-7-10(9)12/h4-7,11,14H,8,13H2,1H3. The zero-order valence-corrected chi connectivity index (χ0v) is 9.64. The van der Waals surface area contributed by atoms with Crippen molar-refractivity contribution in [2.75, 3.05) is 0 Å². The number of rotatable bonds is 3. The lowest BCUT2D eigenvalue weighted by molar-refractivity contribution is 0.566. The Morgan fingerprint density at radius 1 is 1.50 bits per heavy atom. The molecule has 1 aromatic carbocycles. The molecule has 3 heteroatoms. The molecular weight excluding hydrogens is 240 g/mol. The van der Waals surface area contributed by atoms with Crippen LogP contribution >= 0.6 is 15.9 Å². The Balaban J connectivity index is 2.87. The van der Waals surface area contributed by atoms with Crippen molar-refractivity contribution >= 4 is 15.9 Å². The first-order chi connectivity index (χ1) is 6.79. The molecular formula is C11H13BrN2. The second-order valence-corrected chi connectivity index (χ2v) is 3.73. The first kappa shape index (κ1) is 11.3. The third-order valence-electron chi connectivity index (χ3n) is 1.96. The van der Waals surface area contributed by atoms with Crippen molar-refractivity contribution < 1.29 is 0 Å². The van der Waals surface area contributed by atoms with Crippen LogP contribution < -0.4 is 11.3 Å². The van der Waals surface area contributed by atoms with Crippen molar-refractivity contribution in [2.24, 2.45) is 5.84 Å². The van der Waals surface area contributed by atoms with Crippen molar-refractivity contribution in [3.05, 3.63) is 34.3 Å². The van der Waals surface area contributed by atoms with E-state index < -0.39 is 0 Å². The smallest absolute Gasteiger partial charge is 0.0580 e. The van der Waals surface area contributed by atoms with Gasteiger partial charge >= 0.3 is 0 Å². The number of benzene rings is 1. The Labute approximate surface area is 93.0 Å². The van der Waals surface area contributed by atoms with E-state index in [0.29, 0.717) is 0 Å². The molecule has 0 aliphatic rings. The van der Waals surface area contributed by atoms with Gasteiger partial charge in [0.25, 0.3) is 0 Å². The lowest BCUT2D eigenvalue weighted by atomic mass is 10.1. The third-order valence-corrected chi connectivity index (χ3v) is 2.69. The Kier molecular flexibility index (Phi) is 4.68. The molecule has 1 unspecified atom stereocenters. The Morgan fingerprint density at radius 2 is 2.21 bits per heavy atom. The van der Waals surface area contributed by atoms with Gasteiger partial charge in [0.15, 0.2) is 0 Å². The molecule has 1 atom stereocenters. The minimum atomic E-state index is 0.0815. The van der Waals surface area contributed by atoms with Crippen LogP contribution in [-0.2, 0) is 0 Å². The fourth-order valence-electron chi connectivity index (χ4n) is 1.22. The van der Waals surface area contributed by atoms with E-state index >= 15 is 0 Å². The molecule has 0 saturated heterocycles. The summed E-state index contributed by atoms with van der Waals surface area (Å²) in [4.78, 5) is 0. The van der Waals surface area contributed by atoms with E-state index in [1.165, 1.54) is 0 Å². The summed E-state index contributed by atoms with van der Waals surface area (Å²) in [5.74, 6) is 11.3. The molecule has 1 aromatic rings. The molecule has 0 spiro atoms. The highest BCUT2D eigenvalue weighted by molar-refractivity contribution is 9.10. The number of nitrogens with one attached hydrogen (secondary N) is 1. The van der Waals surface area contributed by atoms with Crippen LogP contribution in [0.1, 0.15) is 24.9 Å². The van der Waals surface area contributed by atoms with Crippen LogP contribution in [0.5, 0.6) is 0 Å². The van der Waals surface area contributed by atoms with Crippen molar-refractivity contribution in [1.82, 2.24) is 5.43 Å². The maximum Gasteiger partial charge on any atom is 0.0580 e. The summed E-state index contributed by atoms with van der Waals surface area (Å²) < 4.78 is 1.06. The SMILES string of the molecule is CC#CCC(NN)c1ccccc1Br. The predicted octanol–water partition coefficient (Wildman–Crippen LogP) is 2.37. The maximum absolute atomic E-state index is 5.48. The number of hydrogen-bond donors (Lipinski definition) is 2. The van der Waals surface area contributed by atoms with Gasteiger partial charge in [0, 0.05) is 10.9 Å². The van der Waals surface area contributed by atoms with E-state index in [-0.39, 0.29) is 6.04 Å². The maximum atomic E-state index is 5.48. The van der Waals surface area contributed by atoms with Gasteiger partial charge < -0.3 is 0 Å². The molecule has 3 N–H and O–H groups in total. The molecule has 0 bridgehead atoms. The summed E-state index contributed by atoms with van der Waals surface area (Å²) in [7, 11) is 0. The minimum absolute atomic E-state index is 0.0815. The normalized spacial score (nSPS) is 11.6. The summed E-state index contributed by atoms with van der Waals surface area (Å²) in [5, 5.41) is 0. The van der Waals surface area contributed by atoms with Crippen LogP contribution in [0.4, 0.5) is 0 Å². The molecule has 0 saturated carbocycles. The fraction of sp³-hybridized carbons (Fsp3) is 0.273. The summed E-state index contributed by atoms with van der Waals surface area (Å²) in [5.41, 5.74) is 3.90. The molecule has 0 radical (unpaired) electrons. The van der Waals surface area contributed by atoms with Gasteiger partial charge in [-0.25, -0.2) is 0 Å². The Morgan fingerprint density at radius 3 is 2.79 bits per heavy atom. The van der Waals surface area contributed by atoms with Crippen LogP contribution in [0.15, 0.2) is 28.7 Å². The van der Waals surface area contributed by atoms with Crippen molar-refractivity contribution in [1.29, 1.82) is 0 Å². The van der Waals surface area contributed by atoms with Gasteiger partial charge in [0.2, 0.25) is 0 Å². The number of nitrogens with two attached hydrogens (primary N) is 1. The molecule has 0 aromatic heterocycles. The van der Waals surface area contributed by atoms with Gasteiger partial charge in [-0.1, -0.05) is 34.1 Å². The van der Waals surface area contributed by atoms with E-state index in [2.05, 4.69) is 33.2 Å². The highest BCUT2D eigenvalue weighted by atomic mass is 79.9. The van der Waals surface area contributed by atoms with Crippen LogP contribution in [0, 0.1) is 11.8 Å². The molecule has 74 valence electrons. The Bertz CT molecular complexity index is 352. The Hall–Kier alpha value is -0.820. The van der Waals surface area contributed by atoms with E-state index in [9.17, 15) is 0 Å². The van der Waals surface area contributed by atoms with Gasteiger partial charge in [0.05, 0.1) is 6.04 Å². The van der Waals surface area contributed by atoms with Gasteiger partial charge in [-0.3, -0.25) is 11.3 Å². The van der Waals surface area contributed by atoms with E-state index in [0.717, 1.165) is 16.5 Å². The third kappa shape index (κ3) is 2.85. The molecule has 0 aliphatic heterocycles. The fourth-order valence-corrected chi connectivity index (χ4v) is 1.78. The van der Waals surface area contributed by atoms with Gasteiger partial charge in [0.1, 0.15) is 0 Å². The molecule has 2 nitrogen and oxygen atoms in total. The summed E-state index contributed by atoms with van der Waals surface area (Å²) in [6, 6.07) is 8.08. The number of halogens is 1. The highest BCUT2D eigenvalue weighted by Gasteiger charge is 2.10. The van der Waals surface area contributed by atoms with E-state index in [1.54, 1.807) is 0 Å². The molecule has 0 heterocycles. The quantitative estimate of drug-likeness (QED) is 0.493. The van der Waals surface area contributed by atoms with Crippen LogP contribution in [0.25, 0.3) is 0 Å². The summed E-state index contributed by atoms with van der Waals surface area (Å²) >= 11 is 3.49. The second-order valence-electron chi connectivity index (χ2n) is 2.87. The summed E-state index contributed by atoms with van der Waals surface area (Å²) in [6.07, 6.45) is 0.718. The first-order valence-electron chi connectivity index (χ1n) is 4.39. The monoisotopic (exact) mass is 252 g/mol. The zero-order valence-electron chi connectivity index (χ0n) is 8.05. The van der Waals surface area contributed by atoms with Gasteiger partial charge in [-0.15, -0.1) is 11.8 Å². The lowest BCUT2D eigenvalue weighted by Gasteiger charge is -2.14. The molecule has 0 aliphatic carbocycles. The molecule has 0 amide bonds. The van der Waals surface area contributed by atoms with Crippen LogP contribution in [0.3, 0.4) is 0 Å². The number of hydrazine groups is 1. The predicted molar refractivity (Wildman–Crippen MR) is 62.3 cm³/mol. The first-order valence-corrected chi connectivity index (χ1v) is 5.19. The van der Waals surface area contributed by atoms with E-state index in [4.69, 9.17) is 5.84 Å². The second kappa shape index (κ2) is 5.82. The average molecular weight is 253 g/mol. The van der Waals surface area contributed by atoms with E-state index in [1.807, 2.05) is 31.2 Å². The topological polar surface area (TPSA) is 38.0 Å². The molecule has 14 heavy (non-hydrogen) atoms. The summed E-state index contributed by atoms with van der Waals surface area (Å²) in [6.45, 7) is 1.83. The van der Waals surface area contributed by atoms with Gasteiger partial charge in [-0.05, 0) is 18.6 Å². The average Bonchev–Trinajstić information content (AvgIpc) is 2.21. The largest absolute Gasteiger partial charge is 0.271 e. The van der Waals surface area contributed by atoms with Crippen molar-refractivity contribution in [3.63, 3.8) is 0 Å². The molecule has 1 rings (SSSR count).